The molecule has 2 rings (SSSR count). The second-order valence-corrected chi connectivity index (χ2v) is 5.59. The van der Waals surface area contributed by atoms with Crippen LogP contribution in [0.25, 0.3) is 0 Å². The Hall–Kier alpha value is -0.960. The largest absolute Gasteiger partial charge is 0.392 e. The Labute approximate surface area is 113 Å². The quantitative estimate of drug-likeness (QED) is 0.869. The lowest BCUT2D eigenvalue weighted by Gasteiger charge is -2.25. The van der Waals surface area contributed by atoms with E-state index in [9.17, 15) is 13.9 Å². The molecule has 0 radical (unpaired) electrons. The lowest BCUT2D eigenvalue weighted by Crippen LogP contribution is -2.24. The first-order chi connectivity index (χ1) is 9.18. The summed E-state index contributed by atoms with van der Waals surface area (Å²) in [5.74, 6) is -1.42. The molecular formula is C16H22F2O. The first-order valence-corrected chi connectivity index (χ1v) is 7.29. The van der Waals surface area contributed by atoms with Crippen molar-refractivity contribution >= 4 is 0 Å². The predicted molar refractivity (Wildman–Crippen MR) is 71.9 cm³/mol. The highest BCUT2D eigenvalue weighted by Crippen LogP contribution is 2.27. The molecule has 106 valence electrons. The van der Waals surface area contributed by atoms with Crippen LogP contribution >= 0.6 is 0 Å². The maximum Gasteiger partial charge on any atom is 0.162 e. The van der Waals surface area contributed by atoms with Crippen LogP contribution in [-0.2, 0) is 6.42 Å². The molecule has 19 heavy (non-hydrogen) atoms. The van der Waals surface area contributed by atoms with Gasteiger partial charge in [-0.25, -0.2) is 8.78 Å². The fourth-order valence-corrected chi connectivity index (χ4v) is 2.97. The average Bonchev–Trinajstić information content (AvgIpc) is 2.34. The van der Waals surface area contributed by atoms with Gasteiger partial charge >= 0.3 is 0 Å². The minimum absolute atomic E-state index is 0.217. The minimum atomic E-state index is -0.831. The van der Waals surface area contributed by atoms with Crippen LogP contribution in [0.5, 0.6) is 0 Å². The molecule has 0 heterocycles. The van der Waals surface area contributed by atoms with Gasteiger partial charge < -0.3 is 5.11 Å². The van der Waals surface area contributed by atoms with E-state index in [1.54, 1.807) is 6.07 Å². The molecule has 0 amide bonds. The smallest absolute Gasteiger partial charge is 0.162 e. The minimum Gasteiger partial charge on any atom is -0.392 e. The number of benzene rings is 1. The highest BCUT2D eigenvalue weighted by Gasteiger charge is 2.22. The molecule has 1 nitrogen and oxygen atoms in total. The number of rotatable bonds is 3. The summed E-state index contributed by atoms with van der Waals surface area (Å²) in [6.07, 6.45) is 7.64. The second kappa shape index (κ2) is 6.99. The summed E-state index contributed by atoms with van der Waals surface area (Å²) in [4.78, 5) is 0. The number of hydrogen-bond donors (Lipinski definition) is 1. The van der Waals surface area contributed by atoms with Crippen molar-refractivity contribution < 1.29 is 13.9 Å². The molecule has 0 saturated heterocycles. The van der Waals surface area contributed by atoms with Crippen molar-refractivity contribution in [1.29, 1.82) is 0 Å². The van der Waals surface area contributed by atoms with Gasteiger partial charge in [-0.15, -0.1) is 0 Å². The molecule has 1 fully saturated rings. The molecule has 1 aliphatic carbocycles. The monoisotopic (exact) mass is 268 g/mol. The first-order valence-electron chi connectivity index (χ1n) is 7.29. The molecule has 1 aromatic rings. The Kier molecular flexibility index (Phi) is 5.32. The van der Waals surface area contributed by atoms with Gasteiger partial charge in [0.1, 0.15) is 0 Å². The third-order valence-electron chi connectivity index (χ3n) is 4.15. The summed E-state index contributed by atoms with van der Waals surface area (Å²) < 4.78 is 26.7. The van der Waals surface area contributed by atoms with E-state index in [0.717, 1.165) is 31.7 Å². The van der Waals surface area contributed by atoms with Crippen LogP contribution in [0.15, 0.2) is 18.2 Å². The van der Waals surface area contributed by atoms with Crippen LogP contribution in [0, 0.1) is 17.6 Å². The van der Waals surface area contributed by atoms with E-state index < -0.39 is 17.7 Å². The number of aliphatic hydroxyl groups excluding tert-OH is 1. The van der Waals surface area contributed by atoms with Crippen molar-refractivity contribution in [3.63, 3.8) is 0 Å². The number of hydrogen-bond acceptors (Lipinski definition) is 1. The van der Waals surface area contributed by atoms with E-state index >= 15 is 0 Å². The summed E-state index contributed by atoms with van der Waals surface area (Å²) in [6, 6.07) is 4.17. The Morgan fingerprint density at radius 1 is 1.05 bits per heavy atom. The fourth-order valence-electron chi connectivity index (χ4n) is 2.97. The fraction of sp³-hybridized carbons (Fsp3) is 0.625. The van der Waals surface area contributed by atoms with Gasteiger partial charge in [-0.2, -0.15) is 0 Å². The average molecular weight is 268 g/mol. The van der Waals surface area contributed by atoms with Gasteiger partial charge in [-0.1, -0.05) is 44.2 Å². The Bertz CT molecular complexity index is 398. The van der Waals surface area contributed by atoms with Crippen LogP contribution in [0.3, 0.4) is 0 Å². The van der Waals surface area contributed by atoms with E-state index in [1.807, 2.05) is 0 Å². The Balaban J connectivity index is 1.98. The van der Waals surface area contributed by atoms with Gasteiger partial charge in [0.25, 0.3) is 0 Å². The van der Waals surface area contributed by atoms with Crippen molar-refractivity contribution in [3.8, 4) is 0 Å². The van der Waals surface area contributed by atoms with E-state index in [2.05, 4.69) is 0 Å². The van der Waals surface area contributed by atoms with E-state index in [-0.39, 0.29) is 17.9 Å². The number of aliphatic hydroxyl groups is 1. The van der Waals surface area contributed by atoms with E-state index in [1.165, 1.54) is 25.3 Å². The van der Waals surface area contributed by atoms with Gasteiger partial charge in [0.05, 0.1) is 6.10 Å². The lowest BCUT2D eigenvalue weighted by molar-refractivity contribution is 0.0904. The molecule has 1 N–H and O–H groups in total. The third kappa shape index (κ3) is 4.00. The van der Waals surface area contributed by atoms with Crippen molar-refractivity contribution in [1.82, 2.24) is 0 Å². The van der Waals surface area contributed by atoms with Crippen LogP contribution in [0.4, 0.5) is 8.78 Å². The molecule has 1 atom stereocenters. The zero-order valence-corrected chi connectivity index (χ0v) is 11.2. The van der Waals surface area contributed by atoms with E-state index in [4.69, 9.17) is 0 Å². The second-order valence-electron chi connectivity index (χ2n) is 5.59. The van der Waals surface area contributed by atoms with Crippen LogP contribution in [0.2, 0.25) is 0 Å². The van der Waals surface area contributed by atoms with Crippen LogP contribution in [-0.4, -0.2) is 11.2 Å². The molecule has 0 spiro atoms. The van der Waals surface area contributed by atoms with E-state index in [0.29, 0.717) is 0 Å². The summed E-state index contributed by atoms with van der Waals surface area (Å²) in [7, 11) is 0. The lowest BCUT2D eigenvalue weighted by atomic mass is 9.85. The SMILES string of the molecule is OC(Cc1cccc(F)c1F)C1CCCCCCC1. The van der Waals surface area contributed by atoms with Gasteiger partial charge in [-0.05, 0) is 30.4 Å². The summed E-state index contributed by atoms with van der Waals surface area (Å²) in [6.45, 7) is 0. The van der Waals surface area contributed by atoms with Crippen molar-refractivity contribution in [2.75, 3.05) is 0 Å². The van der Waals surface area contributed by atoms with Crippen LogP contribution in [0.1, 0.15) is 50.5 Å². The molecule has 1 saturated carbocycles. The zero-order chi connectivity index (χ0) is 13.7. The summed E-state index contributed by atoms with van der Waals surface area (Å²) >= 11 is 0. The predicted octanol–water partition coefficient (Wildman–Crippen LogP) is 4.23. The summed E-state index contributed by atoms with van der Waals surface area (Å²) in [5, 5.41) is 10.3. The Morgan fingerprint density at radius 3 is 2.37 bits per heavy atom. The van der Waals surface area contributed by atoms with Gasteiger partial charge in [-0.3, -0.25) is 0 Å². The van der Waals surface area contributed by atoms with Gasteiger partial charge in [0.2, 0.25) is 0 Å². The molecule has 0 aromatic heterocycles. The van der Waals surface area contributed by atoms with Gasteiger partial charge in [0.15, 0.2) is 11.6 Å². The maximum atomic E-state index is 13.6. The number of halogens is 2. The normalized spacial score (nSPS) is 19.7. The molecule has 1 unspecified atom stereocenters. The van der Waals surface area contributed by atoms with Crippen molar-refractivity contribution in [2.24, 2.45) is 5.92 Å². The van der Waals surface area contributed by atoms with Crippen molar-refractivity contribution in [2.45, 2.75) is 57.5 Å². The topological polar surface area (TPSA) is 20.2 Å². The maximum absolute atomic E-state index is 13.6. The Morgan fingerprint density at radius 2 is 1.68 bits per heavy atom. The van der Waals surface area contributed by atoms with Crippen LogP contribution < -0.4 is 0 Å². The molecule has 0 aliphatic heterocycles. The zero-order valence-electron chi connectivity index (χ0n) is 11.2. The van der Waals surface area contributed by atoms with Gasteiger partial charge in [0, 0.05) is 6.42 Å². The van der Waals surface area contributed by atoms with Crippen molar-refractivity contribution in [3.05, 3.63) is 35.4 Å². The molecular weight excluding hydrogens is 246 g/mol. The molecule has 1 aromatic carbocycles. The molecule has 0 bridgehead atoms. The third-order valence-corrected chi connectivity index (χ3v) is 4.15. The highest BCUT2D eigenvalue weighted by molar-refractivity contribution is 5.19. The molecule has 3 heteroatoms. The highest BCUT2D eigenvalue weighted by atomic mass is 19.2. The standard InChI is InChI=1S/C16H22F2O/c17-14-10-6-9-13(16(14)18)11-15(19)12-7-4-2-1-3-5-8-12/h6,9-10,12,15,19H,1-5,7-8,11H2. The summed E-state index contributed by atoms with van der Waals surface area (Å²) in [5.41, 5.74) is 0.287. The first kappa shape index (κ1) is 14.4. The molecule has 1 aliphatic rings.